The Kier molecular flexibility index (Phi) is 8.95. The second-order valence-corrected chi connectivity index (χ2v) is 9.09. The van der Waals surface area contributed by atoms with Crippen molar-refractivity contribution in [2.75, 3.05) is 7.11 Å². The summed E-state index contributed by atoms with van der Waals surface area (Å²) in [5.74, 6) is 0.271. The lowest BCUT2D eigenvalue weighted by molar-refractivity contribution is -0.141. The minimum absolute atomic E-state index is 0.151. The number of benzene rings is 4. The van der Waals surface area contributed by atoms with Gasteiger partial charge in [-0.15, -0.1) is 0 Å². The van der Waals surface area contributed by atoms with Gasteiger partial charge in [-0.25, -0.2) is 0 Å². The van der Waals surface area contributed by atoms with Crippen molar-refractivity contribution in [1.82, 2.24) is 10.2 Å². The lowest BCUT2D eigenvalue weighted by Crippen LogP contribution is -2.43. The summed E-state index contributed by atoms with van der Waals surface area (Å²) < 4.78 is 5.44. The first-order valence-electron chi connectivity index (χ1n) is 12.1. The van der Waals surface area contributed by atoms with Gasteiger partial charge in [-0.3, -0.25) is 9.59 Å². The molecule has 188 valence electrons. The van der Waals surface area contributed by atoms with Crippen LogP contribution in [0.3, 0.4) is 0 Å². The summed E-state index contributed by atoms with van der Waals surface area (Å²) in [6, 6.07) is 33.0. The molecule has 0 aliphatic rings. The van der Waals surface area contributed by atoms with Crippen molar-refractivity contribution in [1.29, 1.82) is 0 Å². The zero-order valence-corrected chi connectivity index (χ0v) is 21.4. The van der Waals surface area contributed by atoms with E-state index in [1.807, 2.05) is 97.1 Å². The number of carbonyl (C=O) groups excluding carboxylic acids is 2. The summed E-state index contributed by atoms with van der Waals surface area (Å²) >= 11 is 6.10. The topological polar surface area (TPSA) is 58.6 Å². The summed E-state index contributed by atoms with van der Waals surface area (Å²) in [5, 5.41) is 3.64. The fourth-order valence-electron chi connectivity index (χ4n) is 4.22. The Hall–Kier alpha value is -4.09. The second kappa shape index (κ2) is 12.7. The molecular formula is C31H29ClN2O3. The second-order valence-electron chi connectivity index (χ2n) is 8.65. The Balaban J connectivity index is 1.67. The molecule has 0 spiro atoms. The average Bonchev–Trinajstić information content (AvgIpc) is 2.94. The van der Waals surface area contributed by atoms with Gasteiger partial charge in [0.15, 0.2) is 0 Å². The van der Waals surface area contributed by atoms with Crippen LogP contribution in [0.2, 0.25) is 5.02 Å². The number of para-hydroxylation sites is 1. The third-order valence-corrected chi connectivity index (χ3v) is 6.36. The van der Waals surface area contributed by atoms with E-state index in [1.54, 1.807) is 24.1 Å². The van der Waals surface area contributed by atoms with E-state index in [0.717, 1.165) is 22.3 Å². The molecule has 0 aliphatic carbocycles. The summed E-state index contributed by atoms with van der Waals surface area (Å²) in [6.07, 6.45) is 0.178. The zero-order chi connectivity index (χ0) is 26.0. The predicted octanol–water partition coefficient (Wildman–Crippen LogP) is 5.98. The molecule has 2 amide bonds. The summed E-state index contributed by atoms with van der Waals surface area (Å²) in [6.45, 7) is 0.526. The molecule has 0 saturated heterocycles. The van der Waals surface area contributed by atoms with Crippen LogP contribution in [-0.2, 0) is 29.1 Å². The van der Waals surface area contributed by atoms with E-state index in [9.17, 15) is 9.59 Å². The lowest BCUT2D eigenvalue weighted by Gasteiger charge is -2.32. The van der Waals surface area contributed by atoms with E-state index in [2.05, 4.69) is 5.32 Å². The van der Waals surface area contributed by atoms with Crippen LogP contribution in [0, 0.1) is 0 Å². The average molecular weight is 513 g/mol. The van der Waals surface area contributed by atoms with Crippen molar-refractivity contribution in [2.24, 2.45) is 0 Å². The first-order valence-corrected chi connectivity index (χ1v) is 12.5. The van der Waals surface area contributed by atoms with E-state index in [4.69, 9.17) is 16.3 Å². The number of halogens is 1. The number of hydrogen-bond acceptors (Lipinski definition) is 3. The van der Waals surface area contributed by atoms with Gasteiger partial charge in [-0.2, -0.15) is 0 Å². The standard InChI is InChI=1S/C31H29ClN2O3/c1-37-28-15-9-8-14-26(28)21-33-31(36)30(25-12-6-3-7-13-25)34(22-24-16-18-27(32)19-17-24)29(35)20-23-10-4-2-5-11-23/h2-19,30H,20-22H2,1H3,(H,33,36)/t30-/m0/s1. The van der Waals surface area contributed by atoms with Gasteiger partial charge in [0.25, 0.3) is 0 Å². The van der Waals surface area contributed by atoms with Gasteiger partial charge in [0.05, 0.1) is 13.5 Å². The number of carbonyl (C=O) groups is 2. The number of ether oxygens (including phenoxy) is 1. The highest BCUT2D eigenvalue weighted by atomic mass is 35.5. The molecule has 4 aromatic rings. The SMILES string of the molecule is COc1ccccc1CNC(=O)[C@H](c1ccccc1)N(Cc1ccc(Cl)cc1)C(=O)Cc1ccccc1. The monoisotopic (exact) mass is 512 g/mol. The molecule has 0 bridgehead atoms. The minimum atomic E-state index is -0.831. The highest BCUT2D eigenvalue weighted by Crippen LogP contribution is 2.26. The summed E-state index contributed by atoms with van der Waals surface area (Å²) in [7, 11) is 1.60. The molecule has 0 heterocycles. The zero-order valence-electron chi connectivity index (χ0n) is 20.6. The fraction of sp³-hybridized carbons (Fsp3) is 0.161. The van der Waals surface area contributed by atoms with E-state index in [1.165, 1.54) is 0 Å². The molecule has 1 atom stereocenters. The molecule has 4 aromatic carbocycles. The Morgan fingerprint density at radius 3 is 2.11 bits per heavy atom. The van der Waals surface area contributed by atoms with Crippen LogP contribution < -0.4 is 10.1 Å². The van der Waals surface area contributed by atoms with E-state index in [0.29, 0.717) is 10.8 Å². The molecule has 0 fully saturated rings. The number of nitrogens with zero attached hydrogens (tertiary/aromatic N) is 1. The van der Waals surface area contributed by atoms with Crippen LogP contribution in [0.4, 0.5) is 0 Å². The van der Waals surface area contributed by atoms with Crippen LogP contribution in [-0.4, -0.2) is 23.8 Å². The molecule has 37 heavy (non-hydrogen) atoms. The van der Waals surface area contributed by atoms with Crippen LogP contribution in [0.1, 0.15) is 28.3 Å². The summed E-state index contributed by atoms with van der Waals surface area (Å²) in [5.41, 5.74) is 3.35. The smallest absolute Gasteiger partial charge is 0.247 e. The van der Waals surface area contributed by atoms with E-state index >= 15 is 0 Å². The first-order chi connectivity index (χ1) is 18.0. The molecule has 0 aromatic heterocycles. The van der Waals surface area contributed by atoms with Crippen LogP contribution in [0.15, 0.2) is 109 Å². The fourth-order valence-corrected chi connectivity index (χ4v) is 4.34. The largest absolute Gasteiger partial charge is 0.496 e. The summed E-state index contributed by atoms with van der Waals surface area (Å²) in [4.78, 5) is 29.2. The number of nitrogens with one attached hydrogen (secondary N) is 1. The Labute approximate surface area is 222 Å². The highest BCUT2D eigenvalue weighted by molar-refractivity contribution is 6.30. The maximum absolute atomic E-state index is 13.8. The quantitative estimate of drug-likeness (QED) is 0.284. The van der Waals surface area contributed by atoms with E-state index in [-0.39, 0.29) is 31.3 Å². The molecule has 0 unspecified atom stereocenters. The minimum Gasteiger partial charge on any atom is -0.496 e. The maximum Gasteiger partial charge on any atom is 0.247 e. The lowest BCUT2D eigenvalue weighted by atomic mass is 10.0. The van der Waals surface area contributed by atoms with E-state index < -0.39 is 6.04 Å². The van der Waals surface area contributed by atoms with Gasteiger partial charge < -0.3 is 15.0 Å². The van der Waals surface area contributed by atoms with Gasteiger partial charge in [-0.05, 0) is 34.9 Å². The van der Waals surface area contributed by atoms with Crippen molar-refractivity contribution in [3.63, 3.8) is 0 Å². The Morgan fingerprint density at radius 2 is 1.43 bits per heavy atom. The number of methoxy groups -OCH3 is 1. The molecule has 4 rings (SSSR count). The molecule has 1 N–H and O–H groups in total. The van der Waals surface area contributed by atoms with Gasteiger partial charge in [0.2, 0.25) is 11.8 Å². The van der Waals surface area contributed by atoms with Gasteiger partial charge in [0.1, 0.15) is 11.8 Å². The molecule has 0 aliphatic heterocycles. The molecular weight excluding hydrogens is 484 g/mol. The maximum atomic E-state index is 13.8. The van der Waals surface area contributed by atoms with Gasteiger partial charge in [0, 0.05) is 23.7 Å². The normalized spacial score (nSPS) is 11.4. The number of amides is 2. The van der Waals surface area contributed by atoms with Crippen molar-refractivity contribution in [3.05, 3.63) is 136 Å². The number of hydrogen-bond donors (Lipinski definition) is 1. The highest BCUT2D eigenvalue weighted by Gasteiger charge is 2.31. The molecule has 6 heteroatoms. The third-order valence-electron chi connectivity index (χ3n) is 6.11. The molecule has 5 nitrogen and oxygen atoms in total. The number of rotatable bonds is 10. The van der Waals surface area contributed by atoms with Gasteiger partial charge in [-0.1, -0.05) is 103 Å². The first kappa shape index (κ1) is 26.0. The van der Waals surface area contributed by atoms with Crippen LogP contribution in [0.25, 0.3) is 0 Å². The Morgan fingerprint density at radius 1 is 0.811 bits per heavy atom. The van der Waals surface area contributed by atoms with Crippen LogP contribution >= 0.6 is 11.6 Å². The van der Waals surface area contributed by atoms with Crippen molar-refractivity contribution >= 4 is 23.4 Å². The predicted molar refractivity (Wildman–Crippen MR) is 146 cm³/mol. The third kappa shape index (κ3) is 6.99. The van der Waals surface area contributed by atoms with Gasteiger partial charge >= 0.3 is 0 Å². The van der Waals surface area contributed by atoms with Crippen molar-refractivity contribution < 1.29 is 14.3 Å². The van der Waals surface area contributed by atoms with Crippen molar-refractivity contribution in [3.8, 4) is 5.75 Å². The Bertz CT molecular complexity index is 1310. The molecule has 0 saturated carbocycles. The molecule has 0 radical (unpaired) electrons. The van der Waals surface area contributed by atoms with Crippen LogP contribution in [0.5, 0.6) is 5.75 Å². The van der Waals surface area contributed by atoms with Crippen molar-refractivity contribution in [2.45, 2.75) is 25.6 Å².